The molecule has 0 bridgehead atoms. The molecule has 2 aliphatic carbocycles. The van der Waals surface area contributed by atoms with Crippen LogP contribution in [0, 0.1) is 0 Å². The highest BCUT2D eigenvalue weighted by molar-refractivity contribution is 6.05. The second kappa shape index (κ2) is 15.1. The molecule has 11 aromatic carbocycles. The van der Waals surface area contributed by atoms with Crippen molar-refractivity contribution in [2.24, 2.45) is 0 Å². The number of hydrogen-bond donors (Lipinski definition) is 0. The molecule has 3 aliphatic rings. The van der Waals surface area contributed by atoms with E-state index in [1.807, 2.05) is 0 Å². The fraction of sp³-hybridized carbons (Fsp3) is 0.0149. The van der Waals surface area contributed by atoms with E-state index in [-0.39, 0.29) is 0 Å². The molecule has 14 rings (SSSR count). The first-order valence-corrected chi connectivity index (χ1v) is 23.7. The van der Waals surface area contributed by atoms with Gasteiger partial charge in [0, 0.05) is 16.8 Å². The Kier molecular flexibility index (Phi) is 8.57. The first-order valence-electron chi connectivity index (χ1n) is 23.7. The first-order chi connectivity index (χ1) is 33.7. The van der Waals surface area contributed by atoms with Gasteiger partial charge in [-0.05, 0) is 143 Å². The molecular formula is C67H43N. The third-order valence-electron chi connectivity index (χ3n) is 14.9. The Balaban J connectivity index is 1.00. The highest BCUT2D eigenvalue weighted by Gasteiger charge is 2.52. The molecule has 68 heavy (non-hydrogen) atoms. The molecule has 316 valence electrons. The minimum atomic E-state index is -0.535. The average Bonchev–Trinajstić information content (AvgIpc) is 3.84. The van der Waals surface area contributed by atoms with Crippen molar-refractivity contribution in [1.82, 2.24) is 0 Å². The predicted octanol–water partition coefficient (Wildman–Crippen LogP) is 17.8. The molecule has 0 N–H and O–H groups in total. The van der Waals surface area contributed by atoms with E-state index in [9.17, 15) is 0 Å². The minimum Gasteiger partial charge on any atom is -0.309 e. The molecule has 0 radical (unpaired) electrons. The summed E-state index contributed by atoms with van der Waals surface area (Å²) in [6.07, 6.45) is 0. The maximum absolute atomic E-state index is 2.53. The monoisotopic (exact) mass is 861 g/mol. The lowest BCUT2D eigenvalue weighted by Gasteiger charge is -2.33. The van der Waals surface area contributed by atoms with Crippen molar-refractivity contribution in [3.05, 3.63) is 283 Å². The zero-order chi connectivity index (χ0) is 44.8. The normalized spacial score (nSPS) is 13.1. The smallest absolute Gasteiger partial charge is 0.0726 e. The molecule has 1 spiro atoms. The van der Waals surface area contributed by atoms with Crippen LogP contribution in [0.15, 0.2) is 261 Å². The van der Waals surface area contributed by atoms with E-state index in [2.05, 4.69) is 266 Å². The zero-order valence-corrected chi connectivity index (χ0v) is 37.3. The van der Waals surface area contributed by atoms with Crippen molar-refractivity contribution < 1.29 is 0 Å². The number of fused-ring (bicyclic) bond motifs is 15. The van der Waals surface area contributed by atoms with Crippen molar-refractivity contribution in [3.8, 4) is 89.0 Å². The summed E-state index contributed by atoms with van der Waals surface area (Å²) in [6.45, 7) is 0. The summed E-state index contributed by atoms with van der Waals surface area (Å²) in [7, 11) is 0. The lowest BCUT2D eigenvalue weighted by Crippen LogP contribution is -2.26. The highest BCUT2D eigenvalue weighted by Crippen LogP contribution is 2.64. The molecule has 0 atom stereocenters. The van der Waals surface area contributed by atoms with Crippen LogP contribution in [0.25, 0.3) is 89.0 Å². The molecular weight excluding hydrogens is 819 g/mol. The predicted molar refractivity (Wildman–Crippen MR) is 284 cm³/mol. The van der Waals surface area contributed by atoms with E-state index < -0.39 is 5.41 Å². The molecule has 0 saturated carbocycles. The lowest BCUT2D eigenvalue weighted by atomic mass is 9.70. The van der Waals surface area contributed by atoms with Crippen LogP contribution in [0.5, 0.6) is 0 Å². The van der Waals surface area contributed by atoms with Crippen molar-refractivity contribution in [3.63, 3.8) is 0 Å². The number of nitrogens with zero attached hydrogens (tertiary/aromatic N) is 1. The molecule has 0 aromatic heterocycles. The van der Waals surface area contributed by atoms with Gasteiger partial charge in [0.25, 0.3) is 0 Å². The Labute approximate surface area is 397 Å². The van der Waals surface area contributed by atoms with E-state index in [4.69, 9.17) is 0 Å². The molecule has 0 fully saturated rings. The summed E-state index contributed by atoms with van der Waals surface area (Å²) in [6, 6.07) is 97.1. The van der Waals surface area contributed by atoms with Gasteiger partial charge in [0.1, 0.15) is 0 Å². The fourth-order valence-corrected chi connectivity index (χ4v) is 11.8. The molecule has 0 saturated heterocycles. The van der Waals surface area contributed by atoms with Crippen LogP contribution in [0.3, 0.4) is 0 Å². The number of rotatable bonds is 5. The van der Waals surface area contributed by atoms with Crippen LogP contribution >= 0.6 is 0 Å². The van der Waals surface area contributed by atoms with Gasteiger partial charge in [-0.25, -0.2) is 0 Å². The molecule has 0 amide bonds. The number of anilines is 3. The molecule has 1 heterocycles. The second-order valence-corrected chi connectivity index (χ2v) is 18.4. The van der Waals surface area contributed by atoms with Gasteiger partial charge in [-0.3, -0.25) is 0 Å². The number of para-hydroxylation sites is 1. The first kappa shape index (κ1) is 38.5. The third kappa shape index (κ3) is 5.69. The van der Waals surface area contributed by atoms with E-state index >= 15 is 0 Å². The summed E-state index contributed by atoms with van der Waals surface area (Å²) in [5.41, 5.74) is 27.9. The van der Waals surface area contributed by atoms with Crippen LogP contribution in [0.4, 0.5) is 17.1 Å². The Morgan fingerprint density at radius 3 is 1.21 bits per heavy atom. The van der Waals surface area contributed by atoms with Gasteiger partial charge in [-0.15, -0.1) is 0 Å². The van der Waals surface area contributed by atoms with Crippen LogP contribution in [0.2, 0.25) is 0 Å². The van der Waals surface area contributed by atoms with Gasteiger partial charge in [0.15, 0.2) is 0 Å². The zero-order valence-electron chi connectivity index (χ0n) is 37.3. The minimum absolute atomic E-state index is 0.535. The highest BCUT2D eigenvalue weighted by atomic mass is 15.1. The Hall–Kier alpha value is -8.78. The van der Waals surface area contributed by atoms with Crippen molar-refractivity contribution >= 4 is 17.1 Å². The lowest BCUT2D eigenvalue weighted by molar-refractivity contribution is 0.794. The van der Waals surface area contributed by atoms with Crippen LogP contribution in [0.1, 0.15) is 22.3 Å². The van der Waals surface area contributed by atoms with Gasteiger partial charge >= 0.3 is 0 Å². The molecule has 11 aromatic rings. The van der Waals surface area contributed by atoms with Crippen LogP contribution in [-0.4, -0.2) is 0 Å². The molecule has 1 nitrogen and oxygen atoms in total. The number of benzene rings is 11. The van der Waals surface area contributed by atoms with Gasteiger partial charge in [-0.2, -0.15) is 0 Å². The van der Waals surface area contributed by atoms with E-state index in [0.29, 0.717) is 0 Å². The van der Waals surface area contributed by atoms with E-state index in [1.54, 1.807) is 0 Å². The Bertz CT molecular complexity index is 3730. The summed E-state index contributed by atoms with van der Waals surface area (Å²) < 4.78 is 0. The van der Waals surface area contributed by atoms with Gasteiger partial charge in [0.2, 0.25) is 0 Å². The second-order valence-electron chi connectivity index (χ2n) is 18.4. The van der Waals surface area contributed by atoms with Gasteiger partial charge < -0.3 is 4.90 Å². The summed E-state index contributed by atoms with van der Waals surface area (Å²) in [5.74, 6) is 0. The van der Waals surface area contributed by atoms with E-state index in [0.717, 1.165) is 17.1 Å². The third-order valence-corrected chi connectivity index (χ3v) is 14.9. The fourth-order valence-electron chi connectivity index (χ4n) is 11.8. The van der Waals surface area contributed by atoms with Crippen molar-refractivity contribution in [1.29, 1.82) is 0 Å². The SMILES string of the molecule is c1ccc(-c2ccc(-c3ccc4c(c3)C3(c5ccccc5-c5ccccc53)c3cc(N5c6ccccc6-c6ccc(-c7ccccc7)cc6-c6cc(-c7ccccc7)ccc65)ccc3-4)cc2)cc1. The van der Waals surface area contributed by atoms with Crippen LogP contribution < -0.4 is 4.90 Å². The Morgan fingerprint density at radius 1 is 0.206 bits per heavy atom. The largest absolute Gasteiger partial charge is 0.309 e. The van der Waals surface area contributed by atoms with Crippen molar-refractivity contribution in [2.45, 2.75) is 5.41 Å². The van der Waals surface area contributed by atoms with Crippen molar-refractivity contribution in [2.75, 3.05) is 4.90 Å². The molecule has 1 heteroatoms. The summed E-state index contributed by atoms with van der Waals surface area (Å²) >= 11 is 0. The quantitative estimate of drug-likeness (QED) is 0.167. The maximum atomic E-state index is 2.53. The molecule has 0 unspecified atom stereocenters. The maximum Gasteiger partial charge on any atom is 0.0726 e. The average molecular weight is 862 g/mol. The molecule has 1 aliphatic heterocycles. The summed E-state index contributed by atoms with van der Waals surface area (Å²) in [5, 5.41) is 0. The van der Waals surface area contributed by atoms with Gasteiger partial charge in [-0.1, -0.05) is 218 Å². The Morgan fingerprint density at radius 2 is 0.588 bits per heavy atom. The van der Waals surface area contributed by atoms with E-state index in [1.165, 1.54) is 111 Å². The summed E-state index contributed by atoms with van der Waals surface area (Å²) in [4.78, 5) is 2.53. The standard InChI is InChI=1S/C67H43N/c1-4-16-44(17-5-1)47-28-30-48(31-29-47)51-33-37-56-57-38-35-52(43-64(57)67(63(56)42-51)61-25-13-10-22-54(61)55-23-11-14-26-62(55)67)68-65-27-15-12-24-58(65)53-36-32-49(45-18-6-2-7-19-45)40-59(53)60-41-50(34-39-66(60)68)46-20-8-3-9-21-46/h1-43H. The van der Waals surface area contributed by atoms with Crippen LogP contribution in [-0.2, 0) is 5.41 Å². The topological polar surface area (TPSA) is 3.24 Å². The number of hydrogen-bond acceptors (Lipinski definition) is 1. The van der Waals surface area contributed by atoms with Gasteiger partial charge in [0.05, 0.1) is 16.8 Å².